The number of aromatic nitrogens is 3. The fraction of sp³-hybridized carbons (Fsp3) is 0.500. The molecule has 0 radical (unpaired) electrons. The summed E-state index contributed by atoms with van der Waals surface area (Å²) < 4.78 is 1.75. The molecular weight excluding hydrogens is 288 g/mol. The van der Waals surface area contributed by atoms with Gasteiger partial charge in [0.25, 0.3) is 5.91 Å². The van der Waals surface area contributed by atoms with Gasteiger partial charge < -0.3 is 5.32 Å². The molecule has 0 aliphatic heterocycles. The predicted molar refractivity (Wildman–Crippen MR) is 89.2 cm³/mol. The third-order valence-electron chi connectivity index (χ3n) is 5.28. The van der Waals surface area contributed by atoms with Crippen LogP contribution in [0.15, 0.2) is 18.2 Å². The van der Waals surface area contributed by atoms with Gasteiger partial charge in [-0.25, -0.2) is 4.98 Å². The van der Waals surface area contributed by atoms with Crippen LogP contribution in [0.25, 0.3) is 11.0 Å². The lowest BCUT2D eigenvalue weighted by Crippen LogP contribution is -2.31. The highest BCUT2D eigenvalue weighted by molar-refractivity contribution is 6.06. The summed E-state index contributed by atoms with van der Waals surface area (Å²) in [4.78, 5) is 17.3. The Morgan fingerprint density at radius 3 is 2.87 bits per heavy atom. The summed E-state index contributed by atoms with van der Waals surface area (Å²) in [5.41, 5.74) is 3.16. The van der Waals surface area contributed by atoms with Crippen molar-refractivity contribution in [3.8, 4) is 0 Å². The summed E-state index contributed by atoms with van der Waals surface area (Å²) in [6, 6.07) is 1.87. The lowest BCUT2D eigenvalue weighted by Gasteiger charge is -2.18. The smallest absolute Gasteiger partial charge is 0.252 e. The van der Waals surface area contributed by atoms with Crippen molar-refractivity contribution in [1.29, 1.82) is 0 Å². The maximum Gasteiger partial charge on any atom is 0.252 e. The lowest BCUT2D eigenvalue weighted by atomic mass is 9.93. The minimum atomic E-state index is -0.0108. The molecule has 1 N–H and O–H groups in total. The number of amides is 1. The van der Waals surface area contributed by atoms with Gasteiger partial charge in [0, 0.05) is 19.3 Å². The largest absolute Gasteiger partial charge is 0.352 e. The average molecular weight is 310 g/mol. The first-order chi connectivity index (χ1) is 11.0. The molecule has 0 unspecified atom stereocenters. The molecule has 120 valence electrons. The molecule has 3 atom stereocenters. The average Bonchev–Trinajstić information content (AvgIpc) is 3.20. The normalized spacial score (nSPS) is 25.4. The number of carbonyl (C=O) groups excluding carboxylic acids is 1. The Hall–Kier alpha value is -2.17. The zero-order valence-corrected chi connectivity index (χ0v) is 13.8. The molecule has 1 fully saturated rings. The Bertz CT molecular complexity index is 820. The molecule has 2 aliphatic rings. The maximum absolute atomic E-state index is 12.7. The van der Waals surface area contributed by atoms with Crippen LogP contribution in [0.2, 0.25) is 0 Å². The number of nitrogens with zero attached hydrogens (tertiary/aromatic N) is 3. The second kappa shape index (κ2) is 5.18. The Morgan fingerprint density at radius 2 is 2.17 bits per heavy atom. The highest BCUT2D eigenvalue weighted by Gasteiger charge is 2.35. The van der Waals surface area contributed by atoms with Crippen LogP contribution in [-0.2, 0) is 7.05 Å². The Labute approximate surface area is 135 Å². The van der Waals surface area contributed by atoms with Crippen molar-refractivity contribution in [3.05, 3.63) is 35.2 Å². The molecule has 23 heavy (non-hydrogen) atoms. The number of hydrogen-bond donors (Lipinski definition) is 1. The van der Waals surface area contributed by atoms with Gasteiger partial charge in [-0.3, -0.25) is 9.48 Å². The second-order valence-corrected chi connectivity index (χ2v) is 6.97. The summed E-state index contributed by atoms with van der Waals surface area (Å²) in [6.45, 7) is 4.60. The van der Waals surface area contributed by atoms with Gasteiger partial charge in [-0.1, -0.05) is 12.2 Å². The van der Waals surface area contributed by atoms with Crippen molar-refractivity contribution >= 4 is 16.9 Å². The fourth-order valence-electron chi connectivity index (χ4n) is 4.20. The van der Waals surface area contributed by atoms with Gasteiger partial charge in [0.1, 0.15) is 0 Å². The number of nitrogens with one attached hydrogen (secondary N) is 1. The zero-order valence-electron chi connectivity index (χ0n) is 13.8. The van der Waals surface area contributed by atoms with Crippen molar-refractivity contribution in [2.24, 2.45) is 24.8 Å². The number of rotatable bonds is 3. The number of aryl methyl sites for hydroxylation is 3. The molecule has 2 aromatic rings. The van der Waals surface area contributed by atoms with E-state index in [1.54, 1.807) is 4.68 Å². The maximum atomic E-state index is 12.7. The van der Waals surface area contributed by atoms with Crippen molar-refractivity contribution in [3.63, 3.8) is 0 Å². The van der Waals surface area contributed by atoms with Crippen molar-refractivity contribution < 1.29 is 4.79 Å². The standard InChI is InChI=1S/C18H22N4O/c1-10-6-15(16-11(2)21-22(3)17(16)20-10)18(23)19-9-14-8-12-4-5-13(14)7-12/h4-6,12-14H,7-9H2,1-3H3,(H,19,23)/t12-,13+,14+/m0/s1. The molecule has 0 spiro atoms. The number of carbonyl (C=O) groups is 1. The van der Waals surface area contributed by atoms with Crippen LogP contribution in [0.3, 0.4) is 0 Å². The lowest BCUT2D eigenvalue weighted by molar-refractivity contribution is 0.0946. The number of fused-ring (bicyclic) bond motifs is 3. The summed E-state index contributed by atoms with van der Waals surface area (Å²) in [6.07, 6.45) is 7.13. The van der Waals surface area contributed by atoms with E-state index in [4.69, 9.17) is 0 Å². The molecule has 0 saturated heterocycles. The first-order valence-electron chi connectivity index (χ1n) is 8.30. The topological polar surface area (TPSA) is 59.8 Å². The molecule has 1 saturated carbocycles. The van der Waals surface area contributed by atoms with Crippen LogP contribution in [0, 0.1) is 31.6 Å². The SMILES string of the molecule is Cc1cc(C(=O)NC[C@H]2C[C@H]3C=C[C@@H]2C3)c2c(C)nn(C)c2n1. The molecule has 2 aliphatic carbocycles. The van der Waals surface area contributed by atoms with Gasteiger partial charge in [0.15, 0.2) is 5.65 Å². The molecule has 1 amide bonds. The molecule has 5 nitrogen and oxygen atoms in total. The molecular formula is C18H22N4O. The summed E-state index contributed by atoms with van der Waals surface area (Å²) >= 11 is 0. The van der Waals surface area contributed by atoms with E-state index in [0.717, 1.165) is 34.9 Å². The predicted octanol–water partition coefficient (Wildman–Crippen LogP) is 2.53. The molecule has 2 aromatic heterocycles. The van der Waals surface area contributed by atoms with E-state index in [1.165, 1.54) is 12.8 Å². The highest BCUT2D eigenvalue weighted by Crippen LogP contribution is 2.43. The van der Waals surface area contributed by atoms with Crippen LogP contribution < -0.4 is 5.32 Å². The molecule has 2 heterocycles. The van der Waals surface area contributed by atoms with Crippen LogP contribution in [0.4, 0.5) is 0 Å². The summed E-state index contributed by atoms with van der Waals surface area (Å²) in [5, 5.41) is 8.42. The Morgan fingerprint density at radius 1 is 1.35 bits per heavy atom. The third kappa shape index (κ3) is 2.35. The van der Waals surface area contributed by atoms with E-state index >= 15 is 0 Å². The van der Waals surface area contributed by atoms with E-state index in [-0.39, 0.29) is 5.91 Å². The molecule has 0 aromatic carbocycles. The summed E-state index contributed by atoms with van der Waals surface area (Å²) in [7, 11) is 1.87. The third-order valence-corrected chi connectivity index (χ3v) is 5.28. The van der Waals surface area contributed by atoms with E-state index in [1.807, 2.05) is 27.0 Å². The summed E-state index contributed by atoms with van der Waals surface area (Å²) in [5.74, 6) is 1.96. The van der Waals surface area contributed by atoms with Crippen LogP contribution in [-0.4, -0.2) is 27.2 Å². The van der Waals surface area contributed by atoms with Gasteiger partial charge in [-0.15, -0.1) is 0 Å². The van der Waals surface area contributed by atoms with Gasteiger partial charge in [0.05, 0.1) is 16.6 Å². The fourth-order valence-corrected chi connectivity index (χ4v) is 4.20. The van der Waals surface area contributed by atoms with Gasteiger partial charge in [-0.05, 0) is 50.5 Å². The minimum absolute atomic E-state index is 0.0108. The Kier molecular flexibility index (Phi) is 3.25. The van der Waals surface area contributed by atoms with Crippen LogP contribution >= 0.6 is 0 Å². The van der Waals surface area contributed by atoms with Gasteiger partial charge in [0.2, 0.25) is 0 Å². The number of allylic oxidation sites excluding steroid dienone is 2. The first kappa shape index (κ1) is 14.4. The molecule has 5 heteroatoms. The molecule has 4 rings (SSSR count). The highest BCUT2D eigenvalue weighted by atomic mass is 16.1. The second-order valence-electron chi connectivity index (χ2n) is 6.97. The monoisotopic (exact) mass is 310 g/mol. The van der Waals surface area contributed by atoms with Crippen LogP contribution in [0.1, 0.15) is 34.6 Å². The van der Waals surface area contributed by atoms with E-state index in [9.17, 15) is 4.79 Å². The number of pyridine rings is 1. The number of hydrogen-bond acceptors (Lipinski definition) is 3. The van der Waals surface area contributed by atoms with Gasteiger partial charge in [-0.2, -0.15) is 5.10 Å². The van der Waals surface area contributed by atoms with E-state index < -0.39 is 0 Å². The van der Waals surface area contributed by atoms with Crippen LogP contribution in [0.5, 0.6) is 0 Å². The first-order valence-corrected chi connectivity index (χ1v) is 8.30. The van der Waals surface area contributed by atoms with Gasteiger partial charge >= 0.3 is 0 Å². The quantitative estimate of drug-likeness (QED) is 0.886. The Balaban J connectivity index is 1.58. The van der Waals surface area contributed by atoms with Crippen molar-refractivity contribution in [2.45, 2.75) is 26.7 Å². The molecule has 2 bridgehead atoms. The van der Waals surface area contributed by atoms with E-state index in [2.05, 4.69) is 27.6 Å². The van der Waals surface area contributed by atoms with Crippen molar-refractivity contribution in [2.75, 3.05) is 6.54 Å². The van der Waals surface area contributed by atoms with E-state index in [0.29, 0.717) is 17.4 Å². The van der Waals surface area contributed by atoms with Crippen molar-refractivity contribution in [1.82, 2.24) is 20.1 Å². The zero-order chi connectivity index (χ0) is 16.1. The minimum Gasteiger partial charge on any atom is -0.352 e.